The predicted molar refractivity (Wildman–Crippen MR) is 252 cm³/mol. The first kappa shape index (κ1) is 39.0. The summed E-state index contributed by atoms with van der Waals surface area (Å²) < 4.78 is 17.0. The van der Waals surface area contributed by atoms with Gasteiger partial charge in [0.05, 0.1) is 41.5 Å². The van der Waals surface area contributed by atoms with Gasteiger partial charge < -0.3 is 9.47 Å². The van der Waals surface area contributed by atoms with Gasteiger partial charge >= 0.3 is 0 Å². The van der Waals surface area contributed by atoms with Crippen molar-refractivity contribution in [3.8, 4) is 49.2 Å². The molecular weight excluding hydrogens is 873 g/mol. The second-order valence-corrected chi connectivity index (χ2v) is 21.3. The molecule has 308 valence electrons. The molecule has 2 aromatic carbocycles. The number of ether oxygens (including phenoxy) is 2. The van der Waals surface area contributed by atoms with Crippen molar-refractivity contribution in [3.05, 3.63) is 138 Å². The van der Waals surface area contributed by atoms with E-state index >= 15 is 0 Å². The van der Waals surface area contributed by atoms with Crippen LogP contribution in [0.2, 0.25) is 0 Å². The van der Waals surface area contributed by atoms with Gasteiger partial charge in [-0.15, -0.1) is 45.3 Å². The standard InChI is InChI=1S/C52H32N4O4S4/c1-56-36(26-55)40-31-13-5-7-15-33(31)44(58)35(40)21-29-23-38-46(62-29)48-42(52(60-38)18-10-3-11-19-52)50-49(64-48)41-47(63-50)45-37(59-51(41)16-8-2-9-17-51)22-28(61-45)20-34-39(27(24-53)25-54)30-12-4-6-14-32(30)43(34)57/h4-7,12-15,20-23H,2-3,8-11,16-19H2/b34-20-,35-21-,40-36-. The first-order chi connectivity index (χ1) is 31.3. The number of Topliss-reactive ketones (excluding diaryl/α,β-unsaturated/α-hetero) is 2. The Hall–Kier alpha value is -6.64. The highest BCUT2D eigenvalue weighted by molar-refractivity contribution is 7.34. The predicted octanol–water partition coefficient (Wildman–Crippen LogP) is 14.0. The lowest BCUT2D eigenvalue weighted by Gasteiger charge is -2.41. The van der Waals surface area contributed by atoms with Crippen molar-refractivity contribution in [2.75, 3.05) is 0 Å². The lowest BCUT2D eigenvalue weighted by atomic mass is 9.76. The van der Waals surface area contributed by atoms with Gasteiger partial charge in [-0.05, 0) is 86.8 Å². The molecular formula is C52H32N4O4S4. The van der Waals surface area contributed by atoms with Crippen LogP contribution in [0.5, 0.6) is 11.5 Å². The Labute approximate surface area is 384 Å². The summed E-state index contributed by atoms with van der Waals surface area (Å²) >= 11 is 6.82. The van der Waals surface area contributed by atoms with Gasteiger partial charge in [-0.3, -0.25) is 9.59 Å². The van der Waals surface area contributed by atoms with Gasteiger partial charge in [0.15, 0.2) is 11.6 Å². The number of nitriles is 3. The Morgan fingerprint density at radius 3 is 1.47 bits per heavy atom. The van der Waals surface area contributed by atoms with Crippen molar-refractivity contribution < 1.29 is 19.1 Å². The van der Waals surface area contributed by atoms with Crippen molar-refractivity contribution in [1.29, 1.82) is 15.8 Å². The monoisotopic (exact) mass is 904 g/mol. The van der Waals surface area contributed by atoms with E-state index in [9.17, 15) is 25.4 Å². The van der Waals surface area contributed by atoms with Crippen molar-refractivity contribution in [3.63, 3.8) is 0 Å². The number of carbonyl (C=O) groups is 2. The van der Waals surface area contributed by atoms with Gasteiger partial charge in [0.2, 0.25) is 0 Å². The molecule has 0 atom stereocenters. The van der Waals surface area contributed by atoms with Crippen LogP contribution in [0.25, 0.3) is 57.1 Å². The van der Waals surface area contributed by atoms with Crippen LogP contribution in [-0.4, -0.2) is 11.6 Å². The first-order valence-electron chi connectivity index (χ1n) is 21.4. The number of thiophene rings is 4. The maximum absolute atomic E-state index is 13.9. The van der Waals surface area contributed by atoms with E-state index in [0.717, 1.165) is 95.2 Å². The first-order valence-corrected chi connectivity index (χ1v) is 24.6. The summed E-state index contributed by atoms with van der Waals surface area (Å²) in [5.41, 5.74) is 4.92. The summed E-state index contributed by atoms with van der Waals surface area (Å²) in [6.07, 6.45) is 13.7. The molecule has 4 aliphatic carbocycles. The molecule has 0 saturated heterocycles. The Kier molecular flexibility index (Phi) is 8.80. The average molecular weight is 905 g/mol. The molecule has 2 aliphatic heterocycles. The topological polar surface area (TPSA) is 128 Å². The fourth-order valence-electron chi connectivity index (χ4n) is 10.9. The number of rotatable bonds is 2. The number of carbonyl (C=O) groups excluding carboxylic acids is 2. The zero-order chi connectivity index (χ0) is 43.5. The molecule has 12 rings (SSSR count). The third kappa shape index (κ3) is 5.44. The highest BCUT2D eigenvalue weighted by Crippen LogP contribution is 2.66. The van der Waals surface area contributed by atoms with Crippen LogP contribution in [0.4, 0.5) is 0 Å². The van der Waals surface area contributed by atoms with Gasteiger partial charge in [-0.1, -0.05) is 61.4 Å². The SMILES string of the molecule is [C-]#[N+]/C(C#N)=C1\C(=C\c2cc3c(s2)-c2sc4c5c(sc4c2C2(CCCCC2)O3)-c2sc(/C=C3\C(=O)c4ccccc4C3=C(C#N)C#N)cc2OC52CCCCC2)C(=O)c2ccccc21. The molecule has 6 heterocycles. The molecule has 4 aromatic heterocycles. The van der Waals surface area contributed by atoms with Gasteiger partial charge in [-0.2, -0.15) is 10.5 Å². The maximum atomic E-state index is 13.9. The lowest BCUT2D eigenvalue weighted by Crippen LogP contribution is -2.37. The van der Waals surface area contributed by atoms with Crippen LogP contribution < -0.4 is 9.47 Å². The summed E-state index contributed by atoms with van der Waals surface area (Å²) in [6, 6.07) is 24.5. The number of nitrogens with zero attached hydrogens (tertiary/aromatic N) is 4. The highest BCUT2D eigenvalue weighted by Gasteiger charge is 2.51. The molecule has 64 heavy (non-hydrogen) atoms. The van der Waals surface area contributed by atoms with E-state index in [1.807, 2.05) is 77.3 Å². The van der Waals surface area contributed by atoms with Gasteiger partial charge in [-0.25, -0.2) is 10.1 Å². The summed E-state index contributed by atoms with van der Waals surface area (Å²) in [5.74, 6) is 1.21. The summed E-state index contributed by atoms with van der Waals surface area (Å²) in [4.78, 5) is 37.4. The van der Waals surface area contributed by atoms with E-state index < -0.39 is 11.2 Å². The van der Waals surface area contributed by atoms with Gasteiger partial charge in [0.1, 0.15) is 40.4 Å². The molecule has 6 aromatic rings. The van der Waals surface area contributed by atoms with E-state index in [-0.39, 0.29) is 22.8 Å². The Morgan fingerprint density at radius 2 is 1.03 bits per heavy atom. The Bertz CT molecular complexity index is 3190. The highest BCUT2D eigenvalue weighted by atomic mass is 32.1. The van der Waals surface area contributed by atoms with Crippen LogP contribution >= 0.6 is 45.3 Å². The van der Waals surface area contributed by atoms with Crippen molar-refractivity contribution in [1.82, 2.24) is 0 Å². The minimum atomic E-state index is -0.520. The minimum Gasteiger partial charge on any atom is -0.481 e. The maximum Gasteiger partial charge on any atom is 0.270 e. The molecule has 2 fully saturated rings. The number of allylic oxidation sites excluding steroid dienone is 6. The molecule has 2 spiro atoms. The van der Waals surface area contributed by atoms with Crippen molar-refractivity contribution >= 4 is 89.6 Å². The third-order valence-electron chi connectivity index (χ3n) is 13.6. The molecule has 0 N–H and O–H groups in total. The van der Waals surface area contributed by atoms with Crippen molar-refractivity contribution in [2.24, 2.45) is 0 Å². The smallest absolute Gasteiger partial charge is 0.270 e. The third-order valence-corrected chi connectivity index (χ3v) is 18.6. The van der Waals surface area contributed by atoms with E-state index in [2.05, 4.69) is 4.85 Å². The molecule has 2 saturated carbocycles. The zero-order valence-electron chi connectivity index (χ0n) is 34.1. The van der Waals surface area contributed by atoms with E-state index in [4.69, 9.17) is 16.0 Å². The number of hydrogen-bond donors (Lipinski definition) is 0. The van der Waals surface area contributed by atoms with Crippen LogP contribution in [0.15, 0.2) is 83.1 Å². The minimum absolute atomic E-state index is 0.0854. The summed E-state index contributed by atoms with van der Waals surface area (Å²) in [5, 5.41) is 29.9. The zero-order valence-corrected chi connectivity index (χ0v) is 37.3. The molecule has 0 amide bonds. The molecule has 0 bridgehead atoms. The van der Waals surface area contributed by atoms with Gasteiger partial charge in [0.25, 0.3) is 5.70 Å². The molecule has 0 radical (unpaired) electrons. The number of fused-ring (bicyclic) bond motifs is 13. The van der Waals surface area contributed by atoms with E-state index in [1.54, 1.807) is 59.1 Å². The molecule has 6 aliphatic rings. The second-order valence-electron chi connectivity index (χ2n) is 17.1. The van der Waals surface area contributed by atoms with Crippen LogP contribution in [0.1, 0.15) is 117 Å². The number of hydrogen-bond acceptors (Lipinski definition) is 11. The lowest BCUT2D eigenvalue weighted by molar-refractivity contribution is 0.0257. The van der Waals surface area contributed by atoms with Crippen LogP contribution in [0.3, 0.4) is 0 Å². The molecule has 0 unspecified atom stereocenters. The number of benzene rings is 2. The van der Waals surface area contributed by atoms with Gasteiger partial charge in [0, 0.05) is 54.3 Å². The average Bonchev–Trinajstić information content (AvgIpc) is 4.17. The molecule has 12 heteroatoms. The van der Waals surface area contributed by atoms with E-state index in [1.165, 1.54) is 30.3 Å². The van der Waals surface area contributed by atoms with E-state index in [0.29, 0.717) is 44.5 Å². The fraction of sp³-hybridized carbons (Fsp3) is 0.231. The number of ketones is 2. The Morgan fingerprint density at radius 1 is 0.594 bits per heavy atom. The van der Waals surface area contributed by atoms with Crippen molar-refractivity contribution in [2.45, 2.75) is 75.4 Å². The largest absolute Gasteiger partial charge is 0.481 e. The molecule has 8 nitrogen and oxygen atoms in total. The van der Waals surface area contributed by atoms with Crippen LogP contribution in [0, 0.1) is 40.6 Å². The Balaban J connectivity index is 1.03. The fourth-order valence-corrected chi connectivity index (χ4v) is 16.5. The summed E-state index contributed by atoms with van der Waals surface area (Å²) in [7, 11) is 0. The second kappa shape index (κ2) is 14.4. The van der Waals surface area contributed by atoms with Crippen LogP contribution in [-0.2, 0) is 11.2 Å². The quantitative estimate of drug-likeness (QED) is 0.0961. The normalized spacial score (nSPS) is 20.3. The summed E-state index contributed by atoms with van der Waals surface area (Å²) in [6.45, 7) is 7.77.